The first-order valence-electron chi connectivity index (χ1n) is 7.04. The highest BCUT2D eigenvalue weighted by Gasteiger charge is 2.10. The van der Waals surface area contributed by atoms with Crippen molar-refractivity contribution in [3.05, 3.63) is 54.9 Å². The zero-order valence-corrected chi connectivity index (χ0v) is 13.2. The van der Waals surface area contributed by atoms with Gasteiger partial charge in [0.15, 0.2) is 5.96 Å². The Morgan fingerprint density at radius 1 is 1.12 bits per heavy atom. The van der Waals surface area contributed by atoms with Crippen LogP contribution in [-0.2, 0) is 4.79 Å². The number of carboxylic acids is 1. The van der Waals surface area contributed by atoms with Gasteiger partial charge < -0.3 is 27.4 Å². The van der Waals surface area contributed by atoms with Crippen LogP contribution in [0.3, 0.4) is 0 Å². The summed E-state index contributed by atoms with van der Waals surface area (Å²) < 4.78 is 0. The number of hydrogen-bond donors (Lipinski definition) is 5. The van der Waals surface area contributed by atoms with Gasteiger partial charge in [-0.05, 0) is 12.8 Å². The van der Waals surface area contributed by atoms with Gasteiger partial charge in [-0.1, -0.05) is 24.3 Å². The molecule has 0 radical (unpaired) electrons. The molecule has 25 heavy (non-hydrogen) atoms. The maximum atomic E-state index is 11.0. The average molecular weight is 352 g/mol. The van der Waals surface area contributed by atoms with Gasteiger partial charge in [0.1, 0.15) is 6.04 Å². The van der Waals surface area contributed by atoms with Crippen molar-refractivity contribution in [1.82, 2.24) is 5.32 Å². The molecule has 0 bridgehead atoms. The van der Waals surface area contributed by atoms with Gasteiger partial charge in [0.05, 0.1) is 0 Å². The lowest BCUT2D eigenvalue weighted by Gasteiger charge is -2.06. The Bertz CT molecular complexity index is 822. The molecule has 0 fully saturated rings. The van der Waals surface area contributed by atoms with Crippen molar-refractivity contribution in [2.45, 2.75) is 18.9 Å². The highest BCUT2D eigenvalue weighted by atomic mass is 16.4. The predicted molar refractivity (Wildman–Crippen MR) is 93.5 cm³/mol. The lowest BCUT2D eigenvalue weighted by Crippen LogP contribution is -2.34. The van der Waals surface area contributed by atoms with E-state index < -0.39 is 28.3 Å². The van der Waals surface area contributed by atoms with E-state index in [-0.39, 0.29) is 22.2 Å². The van der Waals surface area contributed by atoms with Crippen molar-refractivity contribution < 1.29 is 15.4 Å². The van der Waals surface area contributed by atoms with Gasteiger partial charge in [0.25, 0.3) is 5.43 Å². The normalized spacial score (nSPS) is 10.9. The van der Waals surface area contributed by atoms with Gasteiger partial charge in [-0.3, -0.25) is 24.6 Å². The van der Waals surface area contributed by atoms with Crippen LogP contribution < -0.4 is 33.1 Å². The van der Waals surface area contributed by atoms with Crippen molar-refractivity contribution >= 4 is 22.7 Å². The second-order valence-electron chi connectivity index (χ2n) is 4.96. The monoisotopic (exact) mass is 352 g/mol. The molecule has 0 saturated carbocycles. The van der Waals surface area contributed by atoms with Gasteiger partial charge in [0.2, 0.25) is 10.9 Å². The molecule has 0 aliphatic carbocycles. The zero-order chi connectivity index (χ0) is 18.3. The molecule has 0 spiro atoms. The van der Waals surface area contributed by atoms with Gasteiger partial charge in [-0.2, -0.15) is 0 Å². The molecule has 10 nitrogen and oxygen atoms in total. The fraction of sp³-hybridized carbons (Fsp3) is 0.267. The van der Waals surface area contributed by atoms with Crippen LogP contribution in [-0.4, -0.2) is 35.1 Å². The van der Waals surface area contributed by atoms with Crippen molar-refractivity contribution in [2.24, 2.45) is 11.5 Å². The molecule has 1 unspecified atom stereocenters. The number of nitrogens with one attached hydrogen (secondary N) is 2. The minimum Gasteiger partial charge on any atom is -0.480 e. The first-order valence-corrected chi connectivity index (χ1v) is 7.04. The summed E-state index contributed by atoms with van der Waals surface area (Å²) in [4.78, 5) is 43.2. The van der Waals surface area contributed by atoms with Crippen molar-refractivity contribution in [3.8, 4) is 0 Å². The first kappa shape index (κ1) is 21.9. The molecule has 0 amide bonds. The van der Waals surface area contributed by atoms with Gasteiger partial charge in [0, 0.05) is 17.3 Å². The number of carbonyl (C=O) groups is 1. The smallest absolute Gasteiger partial charge is 0.320 e. The van der Waals surface area contributed by atoms with E-state index >= 15 is 0 Å². The van der Waals surface area contributed by atoms with Gasteiger partial charge in [-0.25, -0.2) is 0 Å². The number of carboxylic acid groups (broad SMARTS) is 1. The quantitative estimate of drug-likeness (QED) is 0.169. The highest BCUT2D eigenvalue weighted by Crippen LogP contribution is 2.01. The van der Waals surface area contributed by atoms with Crippen LogP contribution in [0.4, 0.5) is 0 Å². The standard InChI is InChI=1S/C9H4O3.C6H14N4O2.H2O/c10-7-5-3-1-2-4-6(5)8(11)9(7)12;7-4(5(11)12)2-1-3-10-6(8)9;/h1-4H;4H,1-3,7H2,(H,11,12)(H4,8,9,10);1H2. The van der Waals surface area contributed by atoms with Crippen LogP contribution in [0.1, 0.15) is 12.8 Å². The van der Waals surface area contributed by atoms with E-state index in [0.29, 0.717) is 19.4 Å². The number of rotatable bonds is 5. The van der Waals surface area contributed by atoms with E-state index in [4.69, 9.17) is 22.0 Å². The molecule has 2 rings (SSSR count). The number of aliphatic carboxylic acids is 1. The summed E-state index contributed by atoms with van der Waals surface area (Å²) in [6, 6.07) is 5.41. The van der Waals surface area contributed by atoms with Crippen molar-refractivity contribution in [3.63, 3.8) is 0 Å². The van der Waals surface area contributed by atoms with E-state index in [9.17, 15) is 19.2 Å². The fourth-order valence-corrected chi connectivity index (χ4v) is 1.90. The van der Waals surface area contributed by atoms with Crippen LogP contribution in [0, 0.1) is 5.41 Å². The van der Waals surface area contributed by atoms with Crippen LogP contribution >= 0.6 is 0 Å². The van der Waals surface area contributed by atoms with Crippen molar-refractivity contribution in [1.29, 1.82) is 5.41 Å². The molecule has 0 aliphatic rings. The SMILES string of the molecule is N=C(N)NCCCC(N)C(=O)O.O.O=c1c(=O)c2ccccc2c1=O. The number of hydrogen-bond acceptors (Lipinski definition) is 6. The lowest BCUT2D eigenvalue weighted by atomic mass is 10.2. The van der Waals surface area contributed by atoms with E-state index in [1.807, 2.05) is 0 Å². The summed E-state index contributed by atoms with van der Waals surface area (Å²) >= 11 is 0. The maximum absolute atomic E-state index is 11.0. The minimum atomic E-state index is -1.00. The van der Waals surface area contributed by atoms with E-state index in [0.717, 1.165) is 0 Å². The highest BCUT2D eigenvalue weighted by molar-refractivity contribution is 5.83. The van der Waals surface area contributed by atoms with Gasteiger partial charge in [-0.15, -0.1) is 0 Å². The molecule has 9 N–H and O–H groups in total. The van der Waals surface area contributed by atoms with Crippen molar-refractivity contribution in [2.75, 3.05) is 6.54 Å². The molecule has 136 valence electrons. The maximum Gasteiger partial charge on any atom is 0.320 e. The summed E-state index contributed by atoms with van der Waals surface area (Å²) in [6.45, 7) is 0.482. The molecule has 0 aliphatic heterocycles. The summed E-state index contributed by atoms with van der Waals surface area (Å²) in [6.07, 6.45) is 0.975. The topological polar surface area (TPSA) is 208 Å². The summed E-state index contributed by atoms with van der Waals surface area (Å²) in [5, 5.41) is 18.2. The predicted octanol–water partition coefficient (Wildman–Crippen LogP) is -2.37. The summed E-state index contributed by atoms with van der Waals surface area (Å²) in [5.74, 6) is -1.11. The van der Waals surface area contributed by atoms with Crippen LogP contribution in [0.2, 0.25) is 0 Å². The average Bonchev–Trinajstić information content (AvgIpc) is 2.77. The summed E-state index contributed by atoms with van der Waals surface area (Å²) in [7, 11) is 0. The fourth-order valence-electron chi connectivity index (χ4n) is 1.90. The molecular formula is C15H20N4O6. The molecule has 0 saturated heterocycles. The van der Waals surface area contributed by atoms with E-state index in [1.165, 1.54) is 12.1 Å². The Balaban J connectivity index is 0.000000443. The Labute approximate surface area is 141 Å². The largest absolute Gasteiger partial charge is 0.480 e. The second-order valence-corrected chi connectivity index (χ2v) is 4.96. The number of fused-ring (bicyclic) bond motifs is 1. The third kappa shape index (κ3) is 6.12. The Morgan fingerprint density at radius 3 is 2.00 bits per heavy atom. The third-order valence-electron chi connectivity index (χ3n) is 3.15. The third-order valence-corrected chi connectivity index (χ3v) is 3.15. The molecule has 0 heterocycles. The van der Waals surface area contributed by atoms with Crippen LogP contribution in [0.25, 0.3) is 10.8 Å². The second kappa shape index (κ2) is 9.90. The summed E-state index contributed by atoms with van der Waals surface area (Å²) in [5.41, 5.74) is 7.93. The number of nitrogens with two attached hydrogens (primary N) is 2. The molecule has 0 aromatic heterocycles. The van der Waals surface area contributed by atoms with E-state index in [2.05, 4.69) is 5.32 Å². The molecule has 2 aromatic carbocycles. The molecular weight excluding hydrogens is 332 g/mol. The minimum absolute atomic E-state index is 0. The zero-order valence-electron chi connectivity index (χ0n) is 13.2. The Morgan fingerprint density at radius 2 is 1.60 bits per heavy atom. The molecule has 2 aromatic rings. The van der Waals surface area contributed by atoms with E-state index in [1.54, 1.807) is 12.1 Å². The first-order chi connectivity index (χ1) is 11.3. The van der Waals surface area contributed by atoms with Crippen LogP contribution in [0.15, 0.2) is 38.6 Å². The van der Waals surface area contributed by atoms with Gasteiger partial charge >= 0.3 is 5.97 Å². The van der Waals surface area contributed by atoms with Crippen LogP contribution in [0.5, 0.6) is 0 Å². The Hall–Kier alpha value is -3.11. The molecule has 1 atom stereocenters. The molecule has 10 heteroatoms. The Kier molecular flexibility index (Phi) is 8.67. The number of guanidine groups is 1. The lowest BCUT2D eigenvalue weighted by molar-refractivity contribution is -0.138. The number of benzene rings is 1.